The Kier molecular flexibility index (Phi) is 3.69. The lowest BCUT2D eigenvalue weighted by Crippen LogP contribution is -2.31. The molecule has 5 heteroatoms. The third-order valence-electron chi connectivity index (χ3n) is 3.70. The van der Waals surface area contributed by atoms with E-state index < -0.39 is 0 Å². The lowest BCUT2D eigenvalue weighted by Gasteiger charge is -2.18. The standard InChI is InChI=1S/C15H17NO4/c17-12-2-1-6-16(7-5-12)9-13(18)11-3-4-14-15(8-11)20-10-19-14/h3-4,8H,1-2,5-7,9-10H2. The van der Waals surface area contributed by atoms with Gasteiger partial charge in [-0.2, -0.15) is 0 Å². The fourth-order valence-corrected chi connectivity index (χ4v) is 2.54. The minimum absolute atomic E-state index is 0.0534. The van der Waals surface area contributed by atoms with Crippen molar-refractivity contribution < 1.29 is 19.1 Å². The number of carbonyl (C=O) groups is 2. The zero-order valence-corrected chi connectivity index (χ0v) is 11.3. The van der Waals surface area contributed by atoms with Gasteiger partial charge in [0.15, 0.2) is 17.3 Å². The molecule has 0 radical (unpaired) electrons. The monoisotopic (exact) mass is 275 g/mol. The van der Waals surface area contributed by atoms with Crippen molar-refractivity contribution in [3.63, 3.8) is 0 Å². The zero-order valence-electron chi connectivity index (χ0n) is 11.3. The van der Waals surface area contributed by atoms with E-state index >= 15 is 0 Å². The van der Waals surface area contributed by atoms with Crippen molar-refractivity contribution in [3.8, 4) is 11.5 Å². The van der Waals surface area contributed by atoms with Gasteiger partial charge in [0.05, 0.1) is 6.54 Å². The molecule has 0 aliphatic carbocycles. The van der Waals surface area contributed by atoms with E-state index in [1.54, 1.807) is 18.2 Å². The van der Waals surface area contributed by atoms with Crippen molar-refractivity contribution in [2.24, 2.45) is 0 Å². The molecule has 5 nitrogen and oxygen atoms in total. The highest BCUT2D eigenvalue weighted by atomic mass is 16.7. The molecule has 2 aliphatic rings. The summed E-state index contributed by atoms with van der Waals surface area (Å²) in [6.45, 7) is 2.05. The second kappa shape index (κ2) is 5.63. The summed E-state index contributed by atoms with van der Waals surface area (Å²) in [5.41, 5.74) is 0.629. The van der Waals surface area contributed by atoms with Crippen molar-refractivity contribution >= 4 is 11.6 Å². The number of fused-ring (bicyclic) bond motifs is 1. The Bertz CT molecular complexity index is 541. The molecule has 0 amide bonds. The van der Waals surface area contributed by atoms with Gasteiger partial charge in [-0.05, 0) is 31.2 Å². The molecule has 106 valence electrons. The Morgan fingerprint density at radius 2 is 2.00 bits per heavy atom. The lowest BCUT2D eigenvalue weighted by atomic mass is 10.1. The van der Waals surface area contributed by atoms with Crippen LogP contribution in [0.25, 0.3) is 0 Å². The van der Waals surface area contributed by atoms with Gasteiger partial charge in [0.2, 0.25) is 6.79 Å². The second-order valence-electron chi connectivity index (χ2n) is 5.16. The molecule has 1 saturated heterocycles. The Labute approximate surface area is 117 Å². The minimum Gasteiger partial charge on any atom is -0.454 e. The average molecular weight is 275 g/mol. The van der Waals surface area contributed by atoms with Crippen LogP contribution in [-0.2, 0) is 4.79 Å². The molecule has 0 N–H and O–H groups in total. The van der Waals surface area contributed by atoms with Crippen LogP contribution in [0.4, 0.5) is 0 Å². The molecule has 0 aromatic heterocycles. The number of likely N-dealkylation sites (tertiary alicyclic amines) is 1. The molecule has 3 rings (SSSR count). The maximum atomic E-state index is 12.3. The number of ketones is 2. The minimum atomic E-state index is 0.0534. The van der Waals surface area contributed by atoms with E-state index in [1.165, 1.54) is 0 Å². The zero-order chi connectivity index (χ0) is 13.9. The largest absolute Gasteiger partial charge is 0.454 e. The first-order valence-electron chi connectivity index (χ1n) is 6.89. The first-order chi connectivity index (χ1) is 9.72. The molecular weight excluding hydrogens is 258 g/mol. The molecule has 2 heterocycles. The van der Waals surface area contributed by atoms with Gasteiger partial charge in [0.25, 0.3) is 0 Å². The molecule has 0 saturated carbocycles. The first kappa shape index (κ1) is 13.1. The van der Waals surface area contributed by atoms with Crippen molar-refractivity contribution in [1.82, 2.24) is 4.90 Å². The normalized spacial score (nSPS) is 18.9. The fourth-order valence-electron chi connectivity index (χ4n) is 2.54. The molecule has 1 fully saturated rings. The SMILES string of the molecule is O=C1CCCN(CC(=O)c2ccc3c(c2)OCO3)CC1. The molecule has 1 aromatic rings. The van der Waals surface area contributed by atoms with Gasteiger partial charge in [-0.1, -0.05) is 0 Å². The van der Waals surface area contributed by atoms with E-state index in [9.17, 15) is 9.59 Å². The molecule has 0 bridgehead atoms. The quantitative estimate of drug-likeness (QED) is 0.785. The van der Waals surface area contributed by atoms with Crippen LogP contribution in [0.2, 0.25) is 0 Å². The van der Waals surface area contributed by atoms with Gasteiger partial charge in [-0.25, -0.2) is 0 Å². The lowest BCUT2D eigenvalue weighted by molar-refractivity contribution is -0.118. The van der Waals surface area contributed by atoms with E-state index in [2.05, 4.69) is 4.90 Å². The van der Waals surface area contributed by atoms with E-state index in [0.717, 1.165) is 13.0 Å². The van der Waals surface area contributed by atoms with Gasteiger partial charge in [-0.3, -0.25) is 14.5 Å². The highest BCUT2D eigenvalue weighted by Gasteiger charge is 2.20. The van der Waals surface area contributed by atoms with Crippen LogP contribution >= 0.6 is 0 Å². The molecule has 2 aliphatic heterocycles. The van der Waals surface area contributed by atoms with E-state index in [1.807, 2.05) is 0 Å². The van der Waals surface area contributed by atoms with Crippen LogP contribution in [0.3, 0.4) is 0 Å². The second-order valence-corrected chi connectivity index (χ2v) is 5.16. The average Bonchev–Trinajstić information content (AvgIpc) is 2.82. The fraction of sp³-hybridized carbons (Fsp3) is 0.467. The maximum absolute atomic E-state index is 12.3. The van der Waals surface area contributed by atoms with Crippen molar-refractivity contribution in [2.45, 2.75) is 19.3 Å². The van der Waals surface area contributed by atoms with Gasteiger partial charge >= 0.3 is 0 Å². The predicted octanol–water partition coefficient (Wildman–Crippen LogP) is 1.65. The van der Waals surface area contributed by atoms with Crippen LogP contribution < -0.4 is 9.47 Å². The van der Waals surface area contributed by atoms with Crippen molar-refractivity contribution in [1.29, 1.82) is 0 Å². The summed E-state index contributed by atoms with van der Waals surface area (Å²) in [7, 11) is 0. The predicted molar refractivity (Wildman–Crippen MR) is 72.2 cm³/mol. The Hall–Kier alpha value is -1.88. The number of ether oxygens (including phenoxy) is 2. The van der Waals surface area contributed by atoms with Crippen LogP contribution in [-0.4, -0.2) is 42.9 Å². The molecule has 20 heavy (non-hydrogen) atoms. The third-order valence-corrected chi connectivity index (χ3v) is 3.70. The van der Waals surface area contributed by atoms with Crippen LogP contribution in [0.1, 0.15) is 29.6 Å². The van der Waals surface area contributed by atoms with Gasteiger partial charge < -0.3 is 9.47 Å². The highest BCUT2D eigenvalue weighted by molar-refractivity contribution is 5.98. The number of carbonyl (C=O) groups excluding carboxylic acids is 2. The topological polar surface area (TPSA) is 55.8 Å². The summed E-state index contributed by atoms with van der Waals surface area (Å²) < 4.78 is 10.5. The summed E-state index contributed by atoms with van der Waals surface area (Å²) in [5.74, 6) is 1.66. The Balaban J connectivity index is 1.65. The number of nitrogens with zero attached hydrogens (tertiary/aromatic N) is 1. The van der Waals surface area contributed by atoms with Crippen molar-refractivity contribution in [2.75, 3.05) is 26.4 Å². The summed E-state index contributed by atoms with van der Waals surface area (Å²) in [6, 6.07) is 5.26. The number of hydrogen-bond donors (Lipinski definition) is 0. The van der Waals surface area contributed by atoms with Crippen LogP contribution in [0.5, 0.6) is 11.5 Å². The van der Waals surface area contributed by atoms with E-state index in [4.69, 9.17) is 9.47 Å². The Morgan fingerprint density at radius 1 is 1.15 bits per heavy atom. The molecule has 0 spiro atoms. The molecule has 0 atom stereocenters. The summed E-state index contributed by atoms with van der Waals surface area (Å²) in [4.78, 5) is 25.7. The highest BCUT2D eigenvalue weighted by Crippen LogP contribution is 2.32. The number of Topliss-reactive ketones (excluding diaryl/α,β-unsaturated/α-hetero) is 2. The number of rotatable bonds is 3. The smallest absolute Gasteiger partial charge is 0.231 e. The number of hydrogen-bond acceptors (Lipinski definition) is 5. The van der Waals surface area contributed by atoms with Crippen LogP contribution in [0, 0.1) is 0 Å². The summed E-state index contributed by atoms with van der Waals surface area (Å²) in [5, 5.41) is 0. The summed E-state index contributed by atoms with van der Waals surface area (Å²) >= 11 is 0. The van der Waals surface area contributed by atoms with Gasteiger partial charge in [0.1, 0.15) is 5.78 Å². The van der Waals surface area contributed by atoms with Gasteiger partial charge in [0, 0.05) is 24.9 Å². The summed E-state index contributed by atoms with van der Waals surface area (Å²) in [6.07, 6.45) is 2.02. The van der Waals surface area contributed by atoms with E-state index in [0.29, 0.717) is 48.8 Å². The molecule has 1 aromatic carbocycles. The molecular formula is C15H17NO4. The molecule has 0 unspecified atom stereocenters. The third kappa shape index (κ3) is 2.82. The van der Waals surface area contributed by atoms with Gasteiger partial charge in [-0.15, -0.1) is 0 Å². The number of benzene rings is 1. The Morgan fingerprint density at radius 3 is 2.90 bits per heavy atom. The van der Waals surface area contributed by atoms with Crippen LogP contribution in [0.15, 0.2) is 18.2 Å². The van der Waals surface area contributed by atoms with E-state index in [-0.39, 0.29) is 12.6 Å². The van der Waals surface area contributed by atoms with Crippen molar-refractivity contribution in [3.05, 3.63) is 23.8 Å². The maximum Gasteiger partial charge on any atom is 0.231 e. The first-order valence-corrected chi connectivity index (χ1v) is 6.89.